The minimum absolute atomic E-state index is 0.265. The quantitative estimate of drug-likeness (QED) is 0.715. The zero-order chi connectivity index (χ0) is 10.6. The van der Waals surface area contributed by atoms with E-state index in [4.69, 9.17) is 21.1 Å². The number of halogens is 1. The summed E-state index contributed by atoms with van der Waals surface area (Å²) in [6, 6.07) is 5.62. The third-order valence-electron chi connectivity index (χ3n) is 1.93. The molecule has 0 atom stereocenters. The van der Waals surface area contributed by atoms with Crippen LogP contribution in [0.2, 0.25) is 5.02 Å². The molecule has 2 nitrogen and oxygen atoms in total. The topological polar surface area (TPSA) is 18.5 Å². The smallest absolute Gasteiger partial charge is 0.188 e. The van der Waals surface area contributed by atoms with Gasteiger partial charge in [-0.3, -0.25) is 0 Å². The lowest BCUT2D eigenvalue weighted by molar-refractivity contribution is 0.0503. The van der Waals surface area contributed by atoms with Crippen molar-refractivity contribution in [3.63, 3.8) is 0 Å². The van der Waals surface area contributed by atoms with E-state index in [2.05, 4.69) is 13.8 Å². The molecule has 0 heterocycles. The standard InChI is InChI=1S/C11H15ClO2/c1-8(2)10-6-9(12)4-5-11(10)14-7-13-3/h4-6,8H,7H2,1-3H3. The number of methoxy groups -OCH3 is 1. The molecule has 78 valence electrons. The molecule has 0 fully saturated rings. The number of benzene rings is 1. The molecule has 3 heteroatoms. The maximum atomic E-state index is 5.91. The molecule has 1 rings (SSSR count). The third-order valence-corrected chi connectivity index (χ3v) is 2.16. The van der Waals surface area contributed by atoms with E-state index in [1.807, 2.05) is 18.2 Å². The molecular weight excluding hydrogens is 200 g/mol. The molecule has 14 heavy (non-hydrogen) atoms. The Labute approximate surface area is 89.8 Å². The SMILES string of the molecule is COCOc1ccc(Cl)cc1C(C)C. The van der Waals surface area contributed by atoms with Crippen molar-refractivity contribution < 1.29 is 9.47 Å². The molecule has 0 aliphatic carbocycles. The van der Waals surface area contributed by atoms with Crippen LogP contribution in [0.1, 0.15) is 25.3 Å². The van der Waals surface area contributed by atoms with E-state index in [-0.39, 0.29) is 6.79 Å². The molecule has 0 bridgehead atoms. The van der Waals surface area contributed by atoms with E-state index in [0.29, 0.717) is 5.92 Å². The summed E-state index contributed by atoms with van der Waals surface area (Å²) in [6.07, 6.45) is 0. The summed E-state index contributed by atoms with van der Waals surface area (Å²) >= 11 is 5.91. The Morgan fingerprint density at radius 3 is 2.64 bits per heavy atom. The highest BCUT2D eigenvalue weighted by Crippen LogP contribution is 2.29. The molecule has 0 spiro atoms. The van der Waals surface area contributed by atoms with Crippen LogP contribution in [0.5, 0.6) is 5.75 Å². The second kappa shape index (κ2) is 5.23. The summed E-state index contributed by atoms with van der Waals surface area (Å²) in [5.74, 6) is 1.23. The van der Waals surface area contributed by atoms with Crippen LogP contribution < -0.4 is 4.74 Å². The Hall–Kier alpha value is -0.730. The monoisotopic (exact) mass is 214 g/mol. The van der Waals surface area contributed by atoms with Crippen LogP contribution in [-0.2, 0) is 4.74 Å². The van der Waals surface area contributed by atoms with Crippen LogP contribution in [0.3, 0.4) is 0 Å². The zero-order valence-electron chi connectivity index (χ0n) is 8.71. The van der Waals surface area contributed by atoms with Crippen LogP contribution in [0.25, 0.3) is 0 Å². The minimum atomic E-state index is 0.265. The van der Waals surface area contributed by atoms with Crippen molar-refractivity contribution in [3.05, 3.63) is 28.8 Å². The van der Waals surface area contributed by atoms with Gasteiger partial charge in [-0.2, -0.15) is 0 Å². The molecule has 0 aliphatic heterocycles. The van der Waals surface area contributed by atoms with Gasteiger partial charge in [0.05, 0.1) is 0 Å². The molecular formula is C11H15ClO2. The Balaban J connectivity index is 2.90. The second-order valence-corrected chi connectivity index (χ2v) is 3.82. The predicted octanol–water partition coefficient (Wildman–Crippen LogP) is 3.45. The Morgan fingerprint density at radius 1 is 1.36 bits per heavy atom. The molecule has 0 aromatic heterocycles. The van der Waals surface area contributed by atoms with E-state index < -0.39 is 0 Å². The fraction of sp³-hybridized carbons (Fsp3) is 0.455. The summed E-state index contributed by atoms with van der Waals surface area (Å²) in [6.45, 7) is 4.47. The lowest BCUT2D eigenvalue weighted by Gasteiger charge is -2.13. The van der Waals surface area contributed by atoms with Gasteiger partial charge in [-0.1, -0.05) is 25.4 Å². The highest BCUT2D eigenvalue weighted by molar-refractivity contribution is 6.30. The summed E-state index contributed by atoms with van der Waals surface area (Å²) in [5, 5.41) is 0.735. The van der Waals surface area contributed by atoms with Gasteiger partial charge in [0.1, 0.15) is 5.75 Å². The molecule has 1 aromatic carbocycles. The van der Waals surface area contributed by atoms with E-state index >= 15 is 0 Å². The van der Waals surface area contributed by atoms with Crippen molar-refractivity contribution in [2.75, 3.05) is 13.9 Å². The molecule has 0 saturated heterocycles. The number of rotatable bonds is 4. The Kier molecular flexibility index (Phi) is 4.23. The molecule has 0 aliphatic rings. The lowest BCUT2D eigenvalue weighted by atomic mass is 10.0. The number of hydrogen-bond acceptors (Lipinski definition) is 2. The highest BCUT2D eigenvalue weighted by Gasteiger charge is 2.08. The first-order valence-electron chi connectivity index (χ1n) is 4.56. The van der Waals surface area contributed by atoms with Crippen molar-refractivity contribution in [1.82, 2.24) is 0 Å². The van der Waals surface area contributed by atoms with E-state index in [9.17, 15) is 0 Å². The van der Waals surface area contributed by atoms with Gasteiger partial charge in [-0.05, 0) is 29.7 Å². The van der Waals surface area contributed by atoms with Crippen molar-refractivity contribution in [2.45, 2.75) is 19.8 Å². The van der Waals surface area contributed by atoms with Gasteiger partial charge in [0.2, 0.25) is 0 Å². The zero-order valence-corrected chi connectivity index (χ0v) is 9.47. The molecule has 1 aromatic rings. The Bertz CT molecular complexity index is 297. The maximum absolute atomic E-state index is 5.91. The van der Waals surface area contributed by atoms with Crippen molar-refractivity contribution >= 4 is 11.6 Å². The van der Waals surface area contributed by atoms with Gasteiger partial charge in [-0.25, -0.2) is 0 Å². The van der Waals surface area contributed by atoms with Crippen LogP contribution in [0.4, 0.5) is 0 Å². The summed E-state index contributed by atoms with van der Waals surface area (Å²) in [5.41, 5.74) is 1.11. The third kappa shape index (κ3) is 2.89. The molecule has 0 unspecified atom stereocenters. The normalized spacial score (nSPS) is 10.6. The average Bonchev–Trinajstić information content (AvgIpc) is 2.15. The second-order valence-electron chi connectivity index (χ2n) is 3.39. The molecule has 0 amide bonds. The van der Waals surface area contributed by atoms with Crippen molar-refractivity contribution in [3.8, 4) is 5.75 Å². The maximum Gasteiger partial charge on any atom is 0.188 e. The Morgan fingerprint density at radius 2 is 2.07 bits per heavy atom. The van der Waals surface area contributed by atoms with Gasteiger partial charge in [-0.15, -0.1) is 0 Å². The molecule has 0 radical (unpaired) electrons. The predicted molar refractivity (Wildman–Crippen MR) is 58.0 cm³/mol. The van der Waals surface area contributed by atoms with Crippen LogP contribution >= 0.6 is 11.6 Å². The van der Waals surface area contributed by atoms with Crippen molar-refractivity contribution in [1.29, 1.82) is 0 Å². The largest absolute Gasteiger partial charge is 0.467 e. The van der Waals surface area contributed by atoms with E-state index in [0.717, 1.165) is 16.3 Å². The first-order chi connectivity index (χ1) is 6.65. The summed E-state index contributed by atoms with van der Waals surface area (Å²) < 4.78 is 10.3. The lowest BCUT2D eigenvalue weighted by Crippen LogP contribution is -2.02. The van der Waals surface area contributed by atoms with Crippen LogP contribution in [0.15, 0.2) is 18.2 Å². The van der Waals surface area contributed by atoms with E-state index in [1.54, 1.807) is 7.11 Å². The fourth-order valence-electron chi connectivity index (χ4n) is 1.22. The van der Waals surface area contributed by atoms with Crippen LogP contribution in [0, 0.1) is 0 Å². The van der Waals surface area contributed by atoms with Crippen molar-refractivity contribution in [2.24, 2.45) is 0 Å². The van der Waals surface area contributed by atoms with E-state index in [1.165, 1.54) is 0 Å². The molecule has 0 N–H and O–H groups in total. The van der Waals surface area contributed by atoms with Gasteiger partial charge < -0.3 is 9.47 Å². The highest BCUT2D eigenvalue weighted by atomic mass is 35.5. The van der Waals surface area contributed by atoms with Crippen LogP contribution in [-0.4, -0.2) is 13.9 Å². The van der Waals surface area contributed by atoms with Gasteiger partial charge in [0.25, 0.3) is 0 Å². The van der Waals surface area contributed by atoms with Gasteiger partial charge in [0.15, 0.2) is 6.79 Å². The van der Waals surface area contributed by atoms with Gasteiger partial charge in [0, 0.05) is 12.1 Å². The minimum Gasteiger partial charge on any atom is -0.467 e. The summed E-state index contributed by atoms with van der Waals surface area (Å²) in [4.78, 5) is 0. The first kappa shape index (κ1) is 11.3. The number of hydrogen-bond donors (Lipinski definition) is 0. The summed E-state index contributed by atoms with van der Waals surface area (Å²) in [7, 11) is 1.60. The van der Waals surface area contributed by atoms with Gasteiger partial charge >= 0.3 is 0 Å². The molecule has 0 saturated carbocycles. The average molecular weight is 215 g/mol. The number of ether oxygens (including phenoxy) is 2. The fourth-order valence-corrected chi connectivity index (χ4v) is 1.40. The first-order valence-corrected chi connectivity index (χ1v) is 4.94.